The van der Waals surface area contributed by atoms with E-state index in [1.54, 1.807) is 81.9 Å². The molecular weight excluding hydrogens is 745 g/mol. The van der Waals surface area contributed by atoms with Gasteiger partial charge in [-0.05, 0) is 47.2 Å². The highest BCUT2D eigenvalue weighted by atomic mass is 32.3. The van der Waals surface area contributed by atoms with E-state index in [9.17, 15) is 9.59 Å². The Morgan fingerprint density at radius 2 is 0.909 bits per heavy atom. The topological polar surface area (TPSA) is 52.6 Å². The normalized spacial score (nSPS) is 15.0. The number of benzene rings is 2. The van der Waals surface area contributed by atoms with Crippen LogP contribution in [-0.4, -0.2) is 26.2 Å². The van der Waals surface area contributed by atoms with E-state index in [1.165, 1.54) is 39.6 Å². The van der Waals surface area contributed by atoms with Crippen LogP contribution in [0.25, 0.3) is 0 Å². The van der Waals surface area contributed by atoms with Crippen LogP contribution >= 0.6 is 117 Å². The molecular formula is C30H20O4S10. The molecule has 0 bridgehead atoms. The van der Waals surface area contributed by atoms with Crippen molar-refractivity contribution >= 4 is 129 Å². The third-order valence-electron chi connectivity index (χ3n) is 5.61. The second-order valence-electron chi connectivity index (χ2n) is 8.38. The number of hydrogen-bond acceptors (Lipinski definition) is 14. The molecule has 0 saturated heterocycles. The molecule has 224 valence electrons. The van der Waals surface area contributed by atoms with Crippen molar-refractivity contribution < 1.29 is 19.1 Å². The van der Waals surface area contributed by atoms with Crippen LogP contribution in [0.2, 0.25) is 0 Å². The van der Waals surface area contributed by atoms with Gasteiger partial charge in [0.25, 0.3) is 0 Å². The molecule has 2 aliphatic rings. The summed E-state index contributed by atoms with van der Waals surface area (Å²) in [5, 5.41) is 4.22. The zero-order chi connectivity index (χ0) is 30.5. The van der Waals surface area contributed by atoms with Gasteiger partial charge in [0.15, 0.2) is 0 Å². The fourth-order valence-electron chi connectivity index (χ4n) is 3.66. The van der Waals surface area contributed by atoms with Crippen molar-refractivity contribution in [2.24, 2.45) is 0 Å². The lowest BCUT2D eigenvalue weighted by molar-refractivity contribution is 0.0588. The Labute approximate surface area is 297 Å². The second-order valence-corrected chi connectivity index (χ2v) is 20.6. The Morgan fingerprint density at radius 1 is 0.523 bits per heavy atom. The molecule has 0 N–H and O–H groups in total. The number of rotatable bonds is 10. The average Bonchev–Trinajstić information content (AvgIpc) is 3.87. The predicted octanol–water partition coefficient (Wildman–Crippen LogP) is 12.2. The minimum Gasteiger partial charge on any atom is -0.465 e. The summed E-state index contributed by atoms with van der Waals surface area (Å²) in [6.07, 6.45) is 0. The van der Waals surface area contributed by atoms with E-state index in [2.05, 4.69) is 35.0 Å². The van der Waals surface area contributed by atoms with Gasteiger partial charge in [-0.25, -0.2) is 9.59 Å². The summed E-state index contributed by atoms with van der Waals surface area (Å²) in [4.78, 5) is 26.8. The standard InChI is InChI=1S/C30H20O4S10/c1-33-23(31)17-9-3-5-11-19(17)37-25-26(38-20-12-6-4-10-18(20)24(32)34-2)42-29(41-25)30-43-27(39-21-13-7-15-35-21)28(44-30)40-22-14-8-16-36-22/h3-16H,1-2H3. The highest BCUT2D eigenvalue weighted by molar-refractivity contribution is 8.45. The number of esters is 2. The number of thioether (sulfide) groups is 8. The SMILES string of the molecule is COC(=O)c1ccccc1SC1=C(Sc2ccccc2C(=O)OC)SC(=C2SC(Sc3cccs3)=C(Sc3cccs3)S2)S1. The van der Waals surface area contributed by atoms with Crippen LogP contribution in [-0.2, 0) is 9.47 Å². The molecule has 0 atom stereocenters. The van der Waals surface area contributed by atoms with Gasteiger partial charge in [0, 0.05) is 9.79 Å². The van der Waals surface area contributed by atoms with E-state index in [0.29, 0.717) is 11.1 Å². The van der Waals surface area contributed by atoms with Crippen molar-refractivity contribution in [2.75, 3.05) is 14.2 Å². The maximum absolute atomic E-state index is 12.6. The van der Waals surface area contributed by atoms with Crippen molar-refractivity contribution in [3.05, 3.63) is 120 Å². The monoisotopic (exact) mass is 764 g/mol. The summed E-state index contributed by atoms with van der Waals surface area (Å²) in [5.41, 5.74) is 1.04. The minimum atomic E-state index is -0.371. The fraction of sp³-hybridized carbons (Fsp3) is 0.0667. The maximum Gasteiger partial charge on any atom is 0.339 e. The molecule has 4 nitrogen and oxygen atoms in total. The molecule has 0 fully saturated rings. The molecule has 4 aromatic rings. The molecule has 0 unspecified atom stereocenters. The number of carbonyl (C=O) groups is 2. The Kier molecular flexibility index (Phi) is 11.6. The zero-order valence-corrected chi connectivity index (χ0v) is 31.0. The first-order valence-corrected chi connectivity index (χ1v) is 20.9. The third-order valence-corrected chi connectivity index (χ3v) is 19.1. The van der Waals surface area contributed by atoms with Gasteiger partial charge in [-0.3, -0.25) is 0 Å². The third kappa shape index (κ3) is 7.84. The van der Waals surface area contributed by atoms with Crippen LogP contribution in [0.5, 0.6) is 0 Å². The van der Waals surface area contributed by atoms with E-state index in [1.807, 2.05) is 83.4 Å². The Balaban J connectivity index is 1.34. The predicted molar refractivity (Wildman–Crippen MR) is 199 cm³/mol. The first kappa shape index (κ1) is 32.7. The summed E-state index contributed by atoms with van der Waals surface area (Å²) < 4.78 is 19.7. The lowest BCUT2D eigenvalue weighted by atomic mass is 10.2. The molecule has 14 heteroatoms. The lowest BCUT2D eigenvalue weighted by Gasteiger charge is -2.10. The van der Waals surface area contributed by atoms with Crippen molar-refractivity contribution in [2.45, 2.75) is 18.2 Å². The van der Waals surface area contributed by atoms with Crippen LogP contribution in [0, 0.1) is 0 Å². The number of carbonyl (C=O) groups excluding carboxylic acids is 2. The minimum absolute atomic E-state index is 0.371. The molecule has 0 spiro atoms. The zero-order valence-electron chi connectivity index (χ0n) is 22.8. The molecule has 44 heavy (non-hydrogen) atoms. The van der Waals surface area contributed by atoms with Crippen molar-refractivity contribution in [1.29, 1.82) is 0 Å². The summed E-state index contributed by atoms with van der Waals surface area (Å²) in [5.74, 6) is -0.741. The van der Waals surface area contributed by atoms with Crippen LogP contribution in [0.3, 0.4) is 0 Å². The number of thiophene rings is 2. The van der Waals surface area contributed by atoms with Gasteiger partial charge < -0.3 is 9.47 Å². The van der Waals surface area contributed by atoms with Gasteiger partial charge in [-0.15, -0.1) is 22.7 Å². The largest absolute Gasteiger partial charge is 0.465 e. The highest BCUT2D eigenvalue weighted by Gasteiger charge is 2.33. The second kappa shape index (κ2) is 15.6. The van der Waals surface area contributed by atoms with Crippen LogP contribution in [0.4, 0.5) is 0 Å². The quantitative estimate of drug-likeness (QED) is 0.145. The van der Waals surface area contributed by atoms with Gasteiger partial charge in [0.05, 0.1) is 59.2 Å². The van der Waals surface area contributed by atoms with Crippen LogP contribution in [0.15, 0.2) is 127 Å². The number of ether oxygens (including phenoxy) is 2. The summed E-state index contributed by atoms with van der Waals surface area (Å²) >= 11 is 17.3. The Morgan fingerprint density at radius 3 is 1.27 bits per heavy atom. The molecule has 2 aromatic heterocycles. The molecule has 0 saturated carbocycles. The van der Waals surface area contributed by atoms with Gasteiger partial charge in [0.1, 0.15) is 0 Å². The van der Waals surface area contributed by atoms with Gasteiger partial charge in [-0.1, -0.05) is 130 Å². The number of hydrogen-bond donors (Lipinski definition) is 0. The van der Waals surface area contributed by atoms with Gasteiger partial charge in [-0.2, -0.15) is 0 Å². The van der Waals surface area contributed by atoms with E-state index in [-0.39, 0.29) is 11.9 Å². The molecule has 6 rings (SSSR count). The smallest absolute Gasteiger partial charge is 0.339 e. The lowest BCUT2D eigenvalue weighted by Crippen LogP contribution is -2.03. The van der Waals surface area contributed by atoms with E-state index >= 15 is 0 Å². The summed E-state index contributed by atoms with van der Waals surface area (Å²) in [6, 6.07) is 23.5. The molecule has 0 aliphatic carbocycles. The van der Waals surface area contributed by atoms with E-state index in [0.717, 1.165) is 18.3 Å². The molecule has 0 amide bonds. The molecule has 2 aromatic carbocycles. The molecule has 0 radical (unpaired) electrons. The maximum atomic E-state index is 12.6. The Bertz CT molecular complexity index is 1650. The van der Waals surface area contributed by atoms with Crippen molar-refractivity contribution in [3.63, 3.8) is 0 Å². The first-order valence-electron chi connectivity index (χ1n) is 12.6. The Hall–Kier alpha value is -1.20. The van der Waals surface area contributed by atoms with E-state index < -0.39 is 0 Å². The first-order chi connectivity index (χ1) is 21.5. The summed E-state index contributed by atoms with van der Waals surface area (Å²) in [6.45, 7) is 0. The molecule has 4 heterocycles. The van der Waals surface area contributed by atoms with Crippen molar-refractivity contribution in [3.8, 4) is 0 Å². The van der Waals surface area contributed by atoms with Crippen molar-refractivity contribution in [1.82, 2.24) is 0 Å². The van der Waals surface area contributed by atoms with Crippen LogP contribution < -0.4 is 0 Å². The summed E-state index contributed by atoms with van der Waals surface area (Å²) in [7, 11) is 2.80. The van der Waals surface area contributed by atoms with E-state index in [4.69, 9.17) is 9.47 Å². The molecule has 2 aliphatic heterocycles. The number of methoxy groups -OCH3 is 2. The average molecular weight is 765 g/mol. The highest BCUT2D eigenvalue weighted by Crippen LogP contribution is 2.68. The van der Waals surface area contributed by atoms with Crippen LogP contribution in [0.1, 0.15) is 20.7 Å². The van der Waals surface area contributed by atoms with Gasteiger partial charge in [0.2, 0.25) is 0 Å². The van der Waals surface area contributed by atoms with Gasteiger partial charge >= 0.3 is 11.9 Å². The fourth-order valence-corrected chi connectivity index (χ4v) is 17.3.